The van der Waals surface area contributed by atoms with Crippen molar-refractivity contribution < 1.29 is 4.79 Å². The maximum Gasteiger partial charge on any atom is 0.317 e. The van der Waals surface area contributed by atoms with E-state index in [4.69, 9.17) is 0 Å². The molecule has 1 N–H and O–H groups in total. The molecule has 2 atom stereocenters. The van der Waals surface area contributed by atoms with E-state index < -0.39 is 0 Å². The zero-order chi connectivity index (χ0) is 10.6. The average molecular weight is 198 g/mol. The fourth-order valence-corrected chi connectivity index (χ4v) is 2.43. The lowest BCUT2D eigenvalue weighted by Crippen LogP contribution is -2.43. The summed E-state index contributed by atoms with van der Waals surface area (Å²) in [7, 11) is 1.71. The molecular weight excluding hydrogens is 176 g/mol. The van der Waals surface area contributed by atoms with Crippen LogP contribution < -0.4 is 5.32 Å². The predicted molar refractivity (Wildman–Crippen MR) is 58.3 cm³/mol. The Bertz CT molecular complexity index is 194. The second-order valence-electron chi connectivity index (χ2n) is 4.22. The van der Waals surface area contributed by atoms with Crippen molar-refractivity contribution in [2.45, 2.75) is 45.6 Å². The predicted octanol–water partition coefficient (Wildman–Crippen LogP) is 2.23. The molecule has 82 valence electrons. The van der Waals surface area contributed by atoms with Crippen LogP contribution in [0.15, 0.2) is 0 Å². The Labute approximate surface area is 86.9 Å². The summed E-state index contributed by atoms with van der Waals surface area (Å²) in [4.78, 5) is 13.5. The lowest BCUT2D eigenvalue weighted by molar-refractivity contribution is 0.175. The first-order valence-electron chi connectivity index (χ1n) is 5.69. The minimum Gasteiger partial charge on any atom is -0.341 e. The van der Waals surface area contributed by atoms with E-state index in [9.17, 15) is 4.79 Å². The molecule has 14 heavy (non-hydrogen) atoms. The third kappa shape index (κ3) is 2.40. The first-order valence-corrected chi connectivity index (χ1v) is 5.69. The number of carbonyl (C=O) groups excluding carboxylic acids is 1. The highest BCUT2D eigenvalue weighted by Gasteiger charge is 2.31. The number of hydrogen-bond acceptors (Lipinski definition) is 1. The minimum absolute atomic E-state index is 0.0930. The molecule has 0 aromatic carbocycles. The molecule has 2 amide bonds. The van der Waals surface area contributed by atoms with E-state index >= 15 is 0 Å². The van der Waals surface area contributed by atoms with Crippen molar-refractivity contribution in [3.05, 3.63) is 0 Å². The van der Waals surface area contributed by atoms with Crippen LogP contribution in [0.3, 0.4) is 0 Å². The molecule has 0 aromatic rings. The van der Waals surface area contributed by atoms with Gasteiger partial charge >= 0.3 is 6.03 Å². The highest BCUT2D eigenvalue weighted by Crippen LogP contribution is 2.26. The van der Waals surface area contributed by atoms with Gasteiger partial charge in [0.1, 0.15) is 0 Å². The highest BCUT2D eigenvalue weighted by atomic mass is 16.2. The van der Waals surface area contributed by atoms with Gasteiger partial charge in [-0.2, -0.15) is 0 Å². The standard InChI is InChI=1S/C11H22N2O/c1-4-6-9(2)10-7-5-8-13(10)11(14)12-3/h9-10H,4-8H2,1-3H3,(H,12,14). The van der Waals surface area contributed by atoms with Gasteiger partial charge in [-0.3, -0.25) is 0 Å². The molecule has 0 radical (unpaired) electrons. The Morgan fingerprint density at radius 3 is 2.93 bits per heavy atom. The molecule has 3 heteroatoms. The van der Waals surface area contributed by atoms with Gasteiger partial charge < -0.3 is 10.2 Å². The molecule has 0 aliphatic carbocycles. The third-order valence-electron chi connectivity index (χ3n) is 3.17. The summed E-state index contributed by atoms with van der Waals surface area (Å²) in [5.74, 6) is 0.639. The number of nitrogens with one attached hydrogen (secondary N) is 1. The van der Waals surface area contributed by atoms with Crippen molar-refractivity contribution in [1.82, 2.24) is 10.2 Å². The van der Waals surface area contributed by atoms with Crippen LogP contribution >= 0.6 is 0 Å². The second-order valence-corrected chi connectivity index (χ2v) is 4.22. The zero-order valence-corrected chi connectivity index (χ0v) is 9.55. The summed E-state index contributed by atoms with van der Waals surface area (Å²) < 4.78 is 0. The molecule has 3 nitrogen and oxygen atoms in total. The van der Waals surface area contributed by atoms with E-state index in [1.807, 2.05) is 4.90 Å². The van der Waals surface area contributed by atoms with Gasteiger partial charge in [0, 0.05) is 19.6 Å². The van der Waals surface area contributed by atoms with Crippen molar-refractivity contribution >= 4 is 6.03 Å². The Morgan fingerprint density at radius 2 is 2.36 bits per heavy atom. The first-order chi connectivity index (χ1) is 6.70. The smallest absolute Gasteiger partial charge is 0.317 e. The van der Waals surface area contributed by atoms with Crippen LogP contribution in [0, 0.1) is 5.92 Å². The van der Waals surface area contributed by atoms with Gasteiger partial charge in [0.15, 0.2) is 0 Å². The van der Waals surface area contributed by atoms with E-state index in [0.717, 1.165) is 13.0 Å². The quantitative estimate of drug-likeness (QED) is 0.741. The van der Waals surface area contributed by atoms with Crippen LogP contribution in [0.1, 0.15) is 39.5 Å². The van der Waals surface area contributed by atoms with Gasteiger partial charge in [0.05, 0.1) is 0 Å². The number of hydrogen-bond donors (Lipinski definition) is 1. The summed E-state index contributed by atoms with van der Waals surface area (Å²) in [6, 6.07) is 0.561. The molecular formula is C11H22N2O. The van der Waals surface area contributed by atoms with E-state index in [1.165, 1.54) is 19.3 Å². The molecule has 1 heterocycles. The molecule has 1 fully saturated rings. The number of carbonyl (C=O) groups is 1. The van der Waals surface area contributed by atoms with Gasteiger partial charge in [0.25, 0.3) is 0 Å². The summed E-state index contributed by atoms with van der Waals surface area (Å²) >= 11 is 0. The number of amides is 2. The lowest BCUT2D eigenvalue weighted by Gasteiger charge is -2.29. The molecule has 1 aliphatic rings. The Balaban J connectivity index is 2.54. The fourth-order valence-electron chi connectivity index (χ4n) is 2.43. The number of likely N-dealkylation sites (tertiary alicyclic amines) is 1. The molecule has 0 saturated carbocycles. The summed E-state index contributed by atoms with van der Waals surface area (Å²) in [5, 5.41) is 2.72. The fraction of sp³-hybridized carbons (Fsp3) is 0.909. The van der Waals surface area contributed by atoms with Gasteiger partial charge in [-0.05, 0) is 25.2 Å². The molecule has 2 unspecified atom stereocenters. The Kier molecular flexibility index (Phi) is 4.23. The molecule has 1 rings (SSSR count). The van der Waals surface area contributed by atoms with Crippen LogP contribution in [-0.2, 0) is 0 Å². The van der Waals surface area contributed by atoms with Crippen molar-refractivity contribution in [3.8, 4) is 0 Å². The molecule has 1 saturated heterocycles. The van der Waals surface area contributed by atoms with Crippen molar-refractivity contribution in [2.24, 2.45) is 5.92 Å². The maximum absolute atomic E-state index is 11.5. The summed E-state index contributed by atoms with van der Waals surface area (Å²) in [5.41, 5.74) is 0. The maximum atomic E-state index is 11.5. The van der Waals surface area contributed by atoms with E-state index in [0.29, 0.717) is 12.0 Å². The SMILES string of the molecule is CCCC(C)C1CCCN1C(=O)NC. The second kappa shape index (κ2) is 5.23. The lowest BCUT2D eigenvalue weighted by atomic mass is 9.95. The average Bonchev–Trinajstić information content (AvgIpc) is 2.65. The zero-order valence-electron chi connectivity index (χ0n) is 9.55. The normalized spacial score (nSPS) is 23.6. The highest BCUT2D eigenvalue weighted by molar-refractivity contribution is 5.74. The van der Waals surface area contributed by atoms with Crippen molar-refractivity contribution in [1.29, 1.82) is 0 Å². The number of rotatable bonds is 3. The van der Waals surface area contributed by atoms with Crippen LogP contribution in [0.5, 0.6) is 0 Å². The van der Waals surface area contributed by atoms with Gasteiger partial charge in [-0.1, -0.05) is 20.3 Å². The van der Waals surface area contributed by atoms with E-state index in [-0.39, 0.29) is 6.03 Å². The van der Waals surface area contributed by atoms with Crippen LogP contribution in [0.25, 0.3) is 0 Å². The molecule has 0 bridgehead atoms. The third-order valence-corrected chi connectivity index (χ3v) is 3.17. The van der Waals surface area contributed by atoms with E-state index in [1.54, 1.807) is 7.05 Å². The van der Waals surface area contributed by atoms with Gasteiger partial charge in [-0.15, -0.1) is 0 Å². The largest absolute Gasteiger partial charge is 0.341 e. The Hall–Kier alpha value is -0.730. The molecule has 0 aromatic heterocycles. The number of nitrogens with zero attached hydrogens (tertiary/aromatic N) is 1. The summed E-state index contributed by atoms with van der Waals surface area (Å²) in [6.45, 7) is 5.39. The number of urea groups is 1. The monoisotopic (exact) mass is 198 g/mol. The van der Waals surface area contributed by atoms with E-state index in [2.05, 4.69) is 19.2 Å². The van der Waals surface area contributed by atoms with Crippen LogP contribution in [-0.4, -0.2) is 30.6 Å². The van der Waals surface area contributed by atoms with Crippen LogP contribution in [0.2, 0.25) is 0 Å². The Morgan fingerprint density at radius 1 is 1.64 bits per heavy atom. The van der Waals surface area contributed by atoms with Crippen molar-refractivity contribution in [2.75, 3.05) is 13.6 Å². The van der Waals surface area contributed by atoms with Gasteiger partial charge in [-0.25, -0.2) is 4.79 Å². The van der Waals surface area contributed by atoms with Crippen LogP contribution in [0.4, 0.5) is 4.79 Å². The topological polar surface area (TPSA) is 32.3 Å². The van der Waals surface area contributed by atoms with Gasteiger partial charge in [0.2, 0.25) is 0 Å². The minimum atomic E-state index is 0.0930. The first kappa shape index (κ1) is 11.3. The summed E-state index contributed by atoms with van der Waals surface area (Å²) in [6.07, 6.45) is 4.76. The molecule has 1 aliphatic heterocycles. The van der Waals surface area contributed by atoms with Crippen molar-refractivity contribution in [3.63, 3.8) is 0 Å². The molecule has 0 spiro atoms.